The van der Waals surface area contributed by atoms with Gasteiger partial charge in [-0.2, -0.15) is 0 Å². The molecular weight excluding hydrogens is 265 g/mol. The molecule has 1 heterocycles. The third-order valence-corrected chi connectivity index (χ3v) is 2.68. The lowest BCUT2D eigenvalue weighted by Crippen LogP contribution is -2.38. The number of carboxylic acid groups (broad SMARTS) is 1. The third-order valence-electron chi connectivity index (χ3n) is 2.68. The number of furan rings is 1. The molecule has 6 heteroatoms. The highest BCUT2D eigenvalue weighted by Gasteiger charge is 2.18. The number of aliphatic carboxylic acids is 1. The van der Waals surface area contributed by atoms with Crippen molar-refractivity contribution in [2.45, 2.75) is 13.0 Å². The van der Waals surface area contributed by atoms with Gasteiger partial charge in [-0.25, -0.2) is 4.39 Å². The highest BCUT2D eigenvalue weighted by molar-refractivity contribution is 5.94. The minimum absolute atomic E-state index is 0.00238. The lowest BCUT2D eigenvalue weighted by Gasteiger charge is -2.06. The normalized spacial score (nSPS) is 11.9. The summed E-state index contributed by atoms with van der Waals surface area (Å²) in [5.41, 5.74) is 0.622. The van der Waals surface area contributed by atoms with Crippen LogP contribution < -0.4 is 5.32 Å². The second-order valence-electron chi connectivity index (χ2n) is 4.20. The molecule has 1 amide bonds. The molecule has 0 saturated heterocycles. The van der Waals surface area contributed by atoms with Crippen LogP contribution in [0.25, 0.3) is 11.3 Å². The van der Waals surface area contributed by atoms with Crippen molar-refractivity contribution in [2.24, 2.45) is 0 Å². The summed E-state index contributed by atoms with van der Waals surface area (Å²) in [6, 6.07) is 7.59. The highest BCUT2D eigenvalue weighted by atomic mass is 19.1. The van der Waals surface area contributed by atoms with Gasteiger partial charge < -0.3 is 14.8 Å². The van der Waals surface area contributed by atoms with Crippen LogP contribution in [0.15, 0.2) is 40.8 Å². The predicted molar refractivity (Wildman–Crippen MR) is 68.7 cm³/mol. The lowest BCUT2D eigenvalue weighted by molar-refractivity contribution is -0.138. The number of hydrogen-bond donors (Lipinski definition) is 2. The van der Waals surface area contributed by atoms with Crippen molar-refractivity contribution in [2.75, 3.05) is 0 Å². The molecule has 1 aromatic heterocycles. The van der Waals surface area contributed by atoms with E-state index in [2.05, 4.69) is 5.32 Å². The Morgan fingerprint density at radius 3 is 2.45 bits per heavy atom. The van der Waals surface area contributed by atoms with Crippen LogP contribution in [0, 0.1) is 5.82 Å². The van der Waals surface area contributed by atoms with E-state index in [0.717, 1.165) is 0 Å². The summed E-state index contributed by atoms with van der Waals surface area (Å²) in [4.78, 5) is 22.4. The van der Waals surface area contributed by atoms with Crippen LogP contribution in [0.2, 0.25) is 0 Å². The summed E-state index contributed by atoms with van der Waals surface area (Å²) in [5.74, 6) is -1.72. The average Bonchev–Trinajstić information content (AvgIpc) is 2.89. The van der Waals surface area contributed by atoms with E-state index in [9.17, 15) is 14.0 Å². The van der Waals surface area contributed by atoms with Crippen LogP contribution in [-0.2, 0) is 4.79 Å². The summed E-state index contributed by atoms with van der Waals surface area (Å²) in [5, 5.41) is 11.0. The van der Waals surface area contributed by atoms with Crippen molar-refractivity contribution in [3.63, 3.8) is 0 Å². The monoisotopic (exact) mass is 277 g/mol. The summed E-state index contributed by atoms with van der Waals surface area (Å²) in [6.07, 6.45) is 0. The van der Waals surface area contributed by atoms with Crippen molar-refractivity contribution < 1.29 is 23.5 Å². The van der Waals surface area contributed by atoms with Crippen molar-refractivity contribution >= 4 is 11.9 Å². The maximum Gasteiger partial charge on any atom is 0.325 e. The molecule has 0 aliphatic rings. The average molecular weight is 277 g/mol. The zero-order chi connectivity index (χ0) is 14.7. The van der Waals surface area contributed by atoms with E-state index in [4.69, 9.17) is 9.52 Å². The molecule has 0 aliphatic heterocycles. The second kappa shape index (κ2) is 5.56. The molecule has 2 aromatic rings. The quantitative estimate of drug-likeness (QED) is 0.898. The van der Waals surface area contributed by atoms with Gasteiger partial charge in [0.2, 0.25) is 0 Å². The lowest BCUT2D eigenvalue weighted by atomic mass is 10.2. The first kappa shape index (κ1) is 13.8. The largest absolute Gasteiger partial charge is 0.480 e. The predicted octanol–water partition coefficient (Wildman–Crippen LogP) is 2.29. The Morgan fingerprint density at radius 1 is 1.20 bits per heavy atom. The fourth-order valence-corrected chi connectivity index (χ4v) is 1.56. The Balaban J connectivity index is 2.14. The fraction of sp³-hybridized carbons (Fsp3) is 0.143. The number of benzene rings is 1. The second-order valence-corrected chi connectivity index (χ2v) is 4.20. The summed E-state index contributed by atoms with van der Waals surface area (Å²) >= 11 is 0. The van der Waals surface area contributed by atoms with Gasteiger partial charge >= 0.3 is 5.97 Å². The van der Waals surface area contributed by atoms with Crippen molar-refractivity contribution in [1.29, 1.82) is 0 Å². The van der Waals surface area contributed by atoms with E-state index in [1.54, 1.807) is 6.07 Å². The smallest absolute Gasteiger partial charge is 0.325 e. The van der Waals surface area contributed by atoms with E-state index < -0.39 is 17.9 Å². The van der Waals surface area contributed by atoms with Gasteiger partial charge in [0.1, 0.15) is 17.6 Å². The Bertz CT molecular complexity index is 633. The number of amides is 1. The third kappa shape index (κ3) is 3.03. The number of carboxylic acids is 1. The molecule has 1 unspecified atom stereocenters. The van der Waals surface area contributed by atoms with Crippen LogP contribution in [0.3, 0.4) is 0 Å². The molecule has 2 rings (SSSR count). The summed E-state index contributed by atoms with van der Waals surface area (Å²) in [7, 11) is 0. The summed E-state index contributed by atoms with van der Waals surface area (Å²) in [6.45, 7) is 1.35. The number of halogens is 1. The number of carbonyl (C=O) groups excluding carboxylic acids is 1. The fourth-order valence-electron chi connectivity index (χ4n) is 1.56. The topological polar surface area (TPSA) is 79.5 Å². The number of hydrogen-bond acceptors (Lipinski definition) is 3. The molecule has 2 N–H and O–H groups in total. The van der Waals surface area contributed by atoms with Gasteiger partial charge in [0.05, 0.1) is 0 Å². The SMILES string of the molecule is CC(NC(=O)c1ccc(-c2ccc(F)cc2)o1)C(=O)O. The Morgan fingerprint density at radius 2 is 1.85 bits per heavy atom. The van der Waals surface area contributed by atoms with Gasteiger partial charge in [-0.3, -0.25) is 9.59 Å². The van der Waals surface area contributed by atoms with Gasteiger partial charge in [0, 0.05) is 5.56 Å². The number of rotatable bonds is 4. The standard InChI is InChI=1S/C14H12FNO4/c1-8(14(18)19)16-13(17)12-7-6-11(20-12)9-2-4-10(15)5-3-9/h2-8H,1H3,(H,16,17)(H,18,19). The van der Waals surface area contributed by atoms with Gasteiger partial charge in [-0.05, 0) is 43.3 Å². The summed E-state index contributed by atoms with van der Waals surface area (Å²) < 4.78 is 18.1. The van der Waals surface area contributed by atoms with Gasteiger partial charge in [-0.15, -0.1) is 0 Å². The van der Waals surface area contributed by atoms with Crippen LogP contribution in [0.5, 0.6) is 0 Å². The van der Waals surface area contributed by atoms with E-state index in [-0.39, 0.29) is 11.6 Å². The molecular formula is C14H12FNO4. The first-order valence-electron chi connectivity index (χ1n) is 5.87. The Kier molecular flexibility index (Phi) is 3.84. The molecule has 0 saturated carbocycles. The Labute approximate surface area is 114 Å². The van der Waals surface area contributed by atoms with E-state index in [1.807, 2.05) is 0 Å². The van der Waals surface area contributed by atoms with Crippen LogP contribution >= 0.6 is 0 Å². The first-order valence-corrected chi connectivity index (χ1v) is 5.87. The maximum atomic E-state index is 12.8. The van der Waals surface area contributed by atoms with E-state index >= 15 is 0 Å². The molecule has 20 heavy (non-hydrogen) atoms. The van der Waals surface area contributed by atoms with Crippen molar-refractivity contribution in [3.05, 3.63) is 48.0 Å². The zero-order valence-electron chi connectivity index (χ0n) is 10.6. The minimum atomic E-state index is -1.14. The molecule has 0 fully saturated rings. The van der Waals surface area contributed by atoms with Crippen LogP contribution in [0.1, 0.15) is 17.5 Å². The molecule has 0 spiro atoms. The molecule has 5 nitrogen and oxygen atoms in total. The van der Waals surface area contributed by atoms with E-state index in [0.29, 0.717) is 11.3 Å². The minimum Gasteiger partial charge on any atom is -0.480 e. The van der Waals surface area contributed by atoms with Gasteiger partial charge in [-0.1, -0.05) is 0 Å². The van der Waals surface area contributed by atoms with Crippen molar-refractivity contribution in [3.8, 4) is 11.3 Å². The van der Waals surface area contributed by atoms with E-state index in [1.165, 1.54) is 37.3 Å². The molecule has 0 bridgehead atoms. The Hall–Kier alpha value is -2.63. The van der Waals surface area contributed by atoms with Crippen LogP contribution in [-0.4, -0.2) is 23.0 Å². The zero-order valence-corrected chi connectivity index (χ0v) is 10.6. The van der Waals surface area contributed by atoms with Gasteiger partial charge in [0.15, 0.2) is 5.76 Å². The van der Waals surface area contributed by atoms with Crippen LogP contribution in [0.4, 0.5) is 4.39 Å². The number of nitrogens with one attached hydrogen (secondary N) is 1. The van der Waals surface area contributed by atoms with Crippen molar-refractivity contribution in [1.82, 2.24) is 5.32 Å². The highest BCUT2D eigenvalue weighted by Crippen LogP contribution is 2.22. The molecule has 104 valence electrons. The van der Waals surface area contributed by atoms with Gasteiger partial charge in [0.25, 0.3) is 5.91 Å². The first-order chi connectivity index (χ1) is 9.47. The molecule has 0 aliphatic carbocycles. The maximum absolute atomic E-state index is 12.8. The molecule has 1 atom stereocenters. The molecule has 0 radical (unpaired) electrons. The number of carbonyl (C=O) groups is 2. The molecule has 1 aromatic carbocycles.